The zero-order valence-corrected chi connectivity index (χ0v) is 12.0. The molecule has 2 rings (SSSR count). The van der Waals surface area contributed by atoms with Crippen molar-refractivity contribution in [2.45, 2.75) is 13.5 Å². The molecule has 2 N–H and O–H groups in total. The second-order valence-electron chi connectivity index (χ2n) is 3.62. The van der Waals surface area contributed by atoms with Gasteiger partial charge in [-0.3, -0.25) is 0 Å². The lowest BCUT2D eigenvalue weighted by Gasteiger charge is -2.10. The Balaban J connectivity index is 2.19. The van der Waals surface area contributed by atoms with E-state index in [0.717, 1.165) is 10.7 Å². The molecule has 0 spiro atoms. The van der Waals surface area contributed by atoms with Gasteiger partial charge in [-0.15, -0.1) is 11.3 Å². The quantitative estimate of drug-likeness (QED) is 0.880. The molecule has 0 saturated carbocycles. The lowest BCUT2D eigenvalue weighted by molar-refractivity contribution is 0.301. The Morgan fingerprint density at radius 3 is 2.94 bits per heavy atom. The number of ether oxygens (including phenoxy) is 1. The van der Waals surface area contributed by atoms with E-state index in [1.807, 2.05) is 12.3 Å². The molecular weight excluding hydrogens is 288 g/mol. The van der Waals surface area contributed by atoms with Crippen LogP contribution in [0.15, 0.2) is 23.6 Å². The number of hydrogen-bond acceptors (Lipinski definition) is 4. The molecule has 1 aromatic carbocycles. The monoisotopic (exact) mass is 298 g/mol. The number of aryl methyl sites for hydroxylation is 1. The van der Waals surface area contributed by atoms with E-state index in [0.29, 0.717) is 22.9 Å². The summed E-state index contributed by atoms with van der Waals surface area (Å²) in [7, 11) is 0. The largest absolute Gasteiger partial charge is 0.486 e. The average Bonchev–Trinajstić information content (AvgIpc) is 2.72. The van der Waals surface area contributed by atoms with Crippen molar-refractivity contribution in [1.82, 2.24) is 4.98 Å². The second kappa shape index (κ2) is 5.65. The van der Waals surface area contributed by atoms with E-state index in [-0.39, 0.29) is 4.99 Å². The molecule has 0 aliphatic heterocycles. The van der Waals surface area contributed by atoms with E-state index in [4.69, 9.17) is 34.3 Å². The average molecular weight is 299 g/mol. The number of benzene rings is 1. The first-order chi connectivity index (χ1) is 8.58. The van der Waals surface area contributed by atoms with E-state index in [1.54, 1.807) is 29.5 Å². The number of thiazole rings is 1. The molecule has 0 fully saturated rings. The molecule has 0 aliphatic carbocycles. The molecule has 0 bridgehead atoms. The van der Waals surface area contributed by atoms with Crippen LogP contribution in [-0.2, 0) is 6.61 Å². The molecule has 0 saturated heterocycles. The fourth-order valence-corrected chi connectivity index (χ4v) is 2.62. The number of halogens is 1. The summed E-state index contributed by atoms with van der Waals surface area (Å²) in [6.07, 6.45) is 0. The SMILES string of the molecule is Cc1nc(COc2cccc(Cl)c2C(N)=S)cs1. The molecule has 1 heterocycles. The lowest BCUT2D eigenvalue weighted by Crippen LogP contribution is -2.12. The maximum atomic E-state index is 6.05. The van der Waals surface area contributed by atoms with Crippen LogP contribution in [-0.4, -0.2) is 9.97 Å². The highest BCUT2D eigenvalue weighted by molar-refractivity contribution is 7.80. The van der Waals surface area contributed by atoms with Crippen molar-refractivity contribution in [2.24, 2.45) is 5.73 Å². The summed E-state index contributed by atoms with van der Waals surface area (Å²) in [6, 6.07) is 5.32. The first kappa shape index (κ1) is 13.3. The van der Waals surface area contributed by atoms with Gasteiger partial charge < -0.3 is 10.5 Å². The topological polar surface area (TPSA) is 48.1 Å². The molecular formula is C12H11ClN2OS2. The van der Waals surface area contributed by atoms with Gasteiger partial charge in [-0.25, -0.2) is 4.98 Å². The minimum absolute atomic E-state index is 0.227. The van der Waals surface area contributed by atoms with Crippen molar-refractivity contribution in [2.75, 3.05) is 0 Å². The van der Waals surface area contributed by atoms with Gasteiger partial charge in [0.1, 0.15) is 17.3 Å². The van der Waals surface area contributed by atoms with Gasteiger partial charge in [0.25, 0.3) is 0 Å². The highest BCUT2D eigenvalue weighted by Gasteiger charge is 2.11. The van der Waals surface area contributed by atoms with Crippen LogP contribution in [0.3, 0.4) is 0 Å². The van der Waals surface area contributed by atoms with Crippen LogP contribution >= 0.6 is 35.2 Å². The maximum absolute atomic E-state index is 6.05. The molecule has 18 heavy (non-hydrogen) atoms. The molecule has 2 aromatic rings. The standard InChI is InChI=1S/C12H11ClN2OS2/c1-7-15-8(6-18-7)5-16-10-4-2-3-9(13)11(10)12(14)17/h2-4,6H,5H2,1H3,(H2,14,17). The molecule has 0 radical (unpaired) electrons. The Morgan fingerprint density at radius 2 is 2.33 bits per heavy atom. The van der Waals surface area contributed by atoms with E-state index in [1.165, 1.54) is 0 Å². The van der Waals surface area contributed by atoms with Crippen LogP contribution in [0.2, 0.25) is 5.02 Å². The van der Waals surface area contributed by atoms with Gasteiger partial charge in [-0.2, -0.15) is 0 Å². The third kappa shape index (κ3) is 2.98. The third-order valence-electron chi connectivity index (χ3n) is 2.26. The van der Waals surface area contributed by atoms with Crippen molar-refractivity contribution in [1.29, 1.82) is 0 Å². The van der Waals surface area contributed by atoms with Crippen LogP contribution in [0.25, 0.3) is 0 Å². The molecule has 6 heteroatoms. The summed E-state index contributed by atoms with van der Waals surface area (Å²) < 4.78 is 5.67. The minimum Gasteiger partial charge on any atom is -0.486 e. The summed E-state index contributed by atoms with van der Waals surface area (Å²) in [6.45, 7) is 2.33. The number of rotatable bonds is 4. The number of nitrogens with zero attached hydrogens (tertiary/aromatic N) is 1. The fraction of sp³-hybridized carbons (Fsp3) is 0.167. The molecule has 94 valence electrons. The van der Waals surface area contributed by atoms with Crippen LogP contribution in [0.5, 0.6) is 5.75 Å². The Hall–Kier alpha value is -1.17. The molecule has 1 aromatic heterocycles. The van der Waals surface area contributed by atoms with Crippen molar-refractivity contribution in [3.63, 3.8) is 0 Å². The van der Waals surface area contributed by atoms with Crippen molar-refractivity contribution < 1.29 is 4.74 Å². The van der Waals surface area contributed by atoms with E-state index in [9.17, 15) is 0 Å². The Morgan fingerprint density at radius 1 is 1.56 bits per heavy atom. The van der Waals surface area contributed by atoms with Crippen molar-refractivity contribution in [3.8, 4) is 5.75 Å². The molecule has 0 amide bonds. The van der Waals surface area contributed by atoms with Crippen LogP contribution in [0.1, 0.15) is 16.3 Å². The highest BCUT2D eigenvalue weighted by atomic mass is 35.5. The summed E-state index contributed by atoms with van der Waals surface area (Å²) >= 11 is 12.6. The zero-order chi connectivity index (χ0) is 13.1. The van der Waals surface area contributed by atoms with Gasteiger partial charge in [0.2, 0.25) is 0 Å². The van der Waals surface area contributed by atoms with E-state index in [2.05, 4.69) is 4.98 Å². The van der Waals surface area contributed by atoms with E-state index < -0.39 is 0 Å². The minimum atomic E-state index is 0.227. The van der Waals surface area contributed by atoms with Gasteiger partial charge in [-0.05, 0) is 19.1 Å². The molecule has 0 aliphatic rings. The van der Waals surface area contributed by atoms with Gasteiger partial charge in [0.05, 0.1) is 21.3 Å². The molecule has 0 atom stereocenters. The Labute approximate surface area is 120 Å². The van der Waals surface area contributed by atoms with Crippen molar-refractivity contribution >= 4 is 40.1 Å². The Bertz CT molecular complexity index is 583. The molecule has 3 nitrogen and oxygen atoms in total. The van der Waals surface area contributed by atoms with Crippen LogP contribution in [0.4, 0.5) is 0 Å². The first-order valence-corrected chi connectivity index (χ1v) is 6.86. The maximum Gasteiger partial charge on any atom is 0.131 e. The second-order valence-corrected chi connectivity index (χ2v) is 5.53. The van der Waals surface area contributed by atoms with E-state index >= 15 is 0 Å². The lowest BCUT2D eigenvalue weighted by atomic mass is 10.2. The molecule has 0 unspecified atom stereocenters. The fourth-order valence-electron chi connectivity index (χ4n) is 1.49. The smallest absolute Gasteiger partial charge is 0.131 e. The van der Waals surface area contributed by atoms with Gasteiger partial charge in [-0.1, -0.05) is 29.9 Å². The van der Waals surface area contributed by atoms with Gasteiger partial charge >= 0.3 is 0 Å². The predicted molar refractivity (Wildman–Crippen MR) is 78.5 cm³/mol. The highest BCUT2D eigenvalue weighted by Crippen LogP contribution is 2.27. The number of hydrogen-bond donors (Lipinski definition) is 1. The van der Waals surface area contributed by atoms with Crippen LogP contribution in [0, 0.1) is 6.92 Å². The summed E-state index contributed by atoms with van der Waals surface area (Å²) in [4.78, 5) is 4.55. The van der Waals surface area contributed by atoms with Gasteiger partial charge in [0, 0.05) is 5.38 Å². The van der Waals surface area contributed by atoms with Crippen molar-refractivity contribution in [3.05, 3.63) is 44.9 Å². The predicted octanol–water partition coefficient (Wildman–Crippen LogP) is 3.32. The number of nitrogens with two attached hydrogens (primary N) is 1. The summed E-state index contributed by atoms with van der Waals surface area (Å²) in [5, 5.41) is 3.46. The number of aromatic nitrogens is 1. The Kier molecular flexibility index (Phi) is 4.16. The third-order valence-corrected chi connectivity index (χ3v) is 3.61. The summed E-state index contributed by atoms with van der Waals surface area (Å²) in [5.41, 5.74) is 7.09. The summed E-state index contributed by atoms with van der Waals surface area (Å²) in [5.74, 6) is 0.584. The normalized spacial score (nSPS) is 10.3. The zero-order valence-electron chi connectivity index (χ0n) is 9.64. The number of thiocarbonyl (C=S) groups is 1. The first-order valence-electron chi connectivity index (χ1n) is 5.20. The van der Waals surface area contributed by atoms with Crippen LogP contribution < -0.4 is 10.5 Å². The van der Waals surface area contributed by atoms with Gasteiger partial charge in [0.15, 0.2) is 0 Å².